The van der Waals surface area contributed by atoms with Gasteiger partial charge in [-0.25, -0.2) is 4.39 Å². The molecule has 6 heteroatoms. The van der Waals surface area contributed by atoms with E-state index in [1.165, 1.54) is 0 Å². The van der Waals surface area contributed by atoms with Crippen LogP contribution in [0.3, 0.4) is 0 Å². The van der Waals surface area contributed by atoms with Crippen LogP contribution in [0, 0.1) is 5.82 Å². The van der Waals surface area contributed by atoms with Gasteiger partial charge >= 0.3 is 0 Å². The maximum atomic E-state index is 14.1. The minimum absolute atomic E-state index is 0.183. The normalized spacial score (nSPS) is 10.8. The number of hydrogen-bond acceptors (Lipinski definition) is 3. The summed E-state index contributed by atoms with van der Waals surface area (Å²) in [7, 11) is 0. The van der Waals surface area contributed by atoms with Crippen molar-refractivity contribution in [3.8, 4) is 0 Å². The average Bonchev–Trinajstić information content (AvgIpc) is 2.42. The Labute approximate surface area is 133 Å². The van der Waals surface area contributed by atoms with Crippen LogP contribution < -0.4 is 11.1 Å². The van der Waals surface area contributed by atoms with E-state index < -0.39 is 0 Å². The van der Waals surface area contributed by atoms with Crippen LogP contribution in [0.4, 0.5) is 10.1 Å². The molecule has 1 rings (SSSR count). The Morgan fingerprint density at radius 2 is 2.10 bits per heavy atom. The fraction of sp³-hybridized carbons (Fsp3) is 0.500. The number of nitrogens with two attached hydrogens (primary N) is 1. The Balaban J connectivity index is 2.65. The summed E-state index contributed by atoms with van der Waals surface area (Å²) in [5.41, 5.74) is 6.51. The molecule has 0 atom stereocenters. The van der Waals surface area contributed by atoms with Crippen molar-refractivity contribution >= 4 is 38.8 Å². The molecule has 3 N–H and O–H groups in total. The third-order valence-electron chi connectivity index (χ3n) is 3.08. The van der Waals surface area contributed by atoms with E-state index in [4.69, 9.17) is 18.0 Å². The van der Waals surface area contributed by atoms with Gasteiger partial charge in [0.1, 0.15) is 4.99 Å². The van der Waals surface area contributed by atoms with Crippen molar-refractivity contribution in [2.45, 2.75) is 20.3 Å². The highest BCUT2D eigenvalue weighted by Crippen LogP contribution is 2.26. The van der Waals surface area contributed by atoms with Crippen molar-refractivity contribution in [1.82, 2.24) is 4.90 Å². The fourth-order valence-corrected chi connectivity index (χ4v) is 2.83. The van der Waals surface area contributed by atoms with Gasteiger partial charge in [0.2, 0.25) is 0 Å². The molecule has 20 heavy (non-hydrogen) atoms. The van der Waals surface area contributed by atoms with Crippen LogP contribution in [0.2, 0.25) is 0 Å². The van der Waals surface area contributed by atoms with Crippen LogP contribution in [-0.2, 0) is 0 Å². The lowest BCUT2D eigenvalue weighted by Gasteiger charge is -2.20. The van der Waals surface area contributed by atoms with E-state index >= 15 is 0 Å². The molecule has 0 aliphatic heterocycles. The first-order valence-electron chi connectivity index (χ1n) is 6.75. The second-order valence-corrected chi connectivity index (χ2v) is 5.75. The van der Waals surface area contributed by atoms with E-state index in [9.17, 15) is 4.39 Å². The smallest absolute Gasteiger partial charge is 0.161 e. The van der Waals surface area contributed by atoms with Gasteiger partial charge in [0, 0.05) is 18.7 Å². The number of halogens is 2. The standard InChI is InChI=1S/C14H21BrFN3S/c1-3-8-19(4-2)9-7-18-11-6-5-10(14(17)20)12(15)13(11)16/h5-6,18H,3-4,7-9H2,1-2H3,(H2,17,20). The molecule has 0 spiro atoms. The molecule has 3 nitrogen and oxygen atoms in total. The summed E-state index contributed by atoms with van der Waals surface area (Å²) < 4.78 is 14.5. The predicted molar refractivity (Wildman–Crippen MR) is 90.9 cm³/mol. The van der Waals surface area contributed by atoms with Crippen molar-refractivity contribution in [1.29, 1.82) is 0 Å². The van der Waals surface area contributed by atoms with E-state index in [2.05, 4.69) is 40.0 Å². The number of nitrogens with zero attached hydrogens (tertiary/aromatic N) is 1. The molecule has 0 fully saturated rings. The molecular weight excluding hydrogens is 341 g/mol. The first-order valence-corrected chi connectivity index (χ1v) is 7.95. The molecule has 0 aromatic heterocycles. The lowest BCUT2D eigenvalue weighted by atomic mass is 10.2. The molecule has 0 saturated carbocycles. The van der Waals surface area contributed by atoms with Crippen LogP contribution in [0.25, 0.3) is 0 Å². The van der Waals surface area contributed by atoms with Gasteiger partial charge in [-0.3, -0.25) is 0 Å². The minimum atomic E-state index is -0.353. The lowest BCUT2D eigenvalue weighted by molar-refractivity contribution is 0.300. The highest BCUT2D eigenvalue weighted by molar-refractivity contribution is 9.10. The summed E-state index contributed by atoms with van der Waals surface area (Å²) in [5.74, 6) is -0.353. The summed E-state index contributed by atoms with van der Waals surface area (Å²) in [6.45, 7) is 7.93. The summed E-state index contributed by atoms with van der Waals surface area (Å²) in [5, 5.41) is 3.11. The van der Waals surface area contributed by atoms with Crippen LogP contribution in [-0.4, -0.2) is 36.1 Å². The Morgan fingerprint density at radius 1 is 1.40 bits per heavy atom. The Bertz CT molecular complexity index is 468. The van der Waals surface area contributed by atoms with Crippen molar-refractivity contribution in [2.75, 3.05) is 31.5 Å². The van der Waals surface area contributed by atoms with E-state index in [-0.39, 0.29) is 10.8 Å². The Hall–Kier alpha value is -0.720. The topological polar surface area (TPSA) is 41.3 Å². The van der Waals surface area contributed by atoms with Crippen molar-refractivity contribution in [3.63, 3.8) is 0 Å². The molecule has 0 aliphatic carbocycles. The van der Waals surface area contributed by atoms with Gasteiger partial charge < -0.3 is 16.0 Å². The predicted octanol–water partition coefficient (Wildman–Crippen LogP) is 3.37. The number of thiocarbonyl (C=S) groups is 1. The molecule has 0 heterocycles. The largest absolute Gasteiger partial charge is 0.389 e. The molecule has 112 valence electrons. The number of hydrogen-bond donors (Lipinski definition) is 2. The molecule has 0 saturated heterocycles. The van der Waals surface area contributed by atoms with Gasteiger partial charge in [0.25, 0.3) is 0 Å². The van der Waals surface area contributed by atoms with Gasteiger partial charge in [0.05, 0.1) is 10.2 Å². The van der Waals surface area contributed by atoms with Crippen molar-refractivity contribution < 1.29 is 4.39 Å². The molecule has 0 radical (unpaired) electrons. The zero-order valence-corrected chi connectivity index (χ0v) is 14.3. The molecule has 0 aliphatic rings. The van der Waals surface area contributed by atoms with Gasteiger partial charge in [-0.2, -0.15) is 0 Å². The quantitative estimate of drug-likeness (QED) is 0.696. The maximum Gasteiger partial charge on any atom is 0.161 e. The number of benzene rings is 1. The third kappa shape index (κ3) is 4.68. The molecular formula is C14H21BrFN3S. The molecule has 0 amide bonds. The van der Waals surface area contributed by atoms with Crippen molar-refractivity contribution in [3.05, 3.63) is 28.0 Å². The van der Waals surface area contributed by atoms with Crippen LogP contribution in [0.15, 0.2) is 16.6 Å². The van der Waals surface area contributed by atoms with Gasteiger partial charge in [-0.05, 0) is 47.6 Å². The summed E-state index contributed by atoms with van der Waals surface area (Å²) in [4.78, 5) is 2.51. The third-order valence-corrected chi connectivity index (χ3v) is 4.07. The zero-order chi connectivity index (χ0) is 15.1. The van der Waals surface area contributed by atoms with E-state index in [0.717, 1.165) is 26.1 Å². The first-order chi connectivity index (χ1) is 9.51. The van der Waals surface area contributed by atoms with Crippen LogP contribution in [0.5, 0.6) is 0 Å². The molecule has 0 bridgehead atoms. The maximum absolute atomic E-state index is 14.1. The fourth-order valence-electron chi connectivity index (χ4n) is 1.97. The lowest BCUT2D eigenvalue weighted by Crippen LogP contribution is -2.29. The molecule has 1 aromatic carbocycles. The van der Waals surface area contributed by atoms with Gasteiger partial charge in [-0.1, -0.05) is 26.1 Å². The first kappa shape index (κ1) is 17.3. The number of likely N-dealkylation sites (N-methyl/N-ethyl adjacent to an activating group) is 1. The highest BCUT2D eigenvalue weighted by Gasteiger charge is 2.12. The Kier molecular flexibility index (Phi) is 7.40. The summed E-state index contributed by atoms with van der Waals surface area (Å²) in [6.07, 6.45) is 1.12. The van der Waals surface area contributed by atoms with Crippen LogP contribution in [0.1, 0.15) is 25.8 Å². The van der Waals surface area contributed by atoms with E-state index in [1.54, 1.807) is 12.1 Å². The molecule has 1 aromatic rings. The monoisotopic (exact) mass is 361 g/mol. The minimum Gasteiger partial charge on any atom is -0.389 e. The van der Waals surface area contributed by atoms with Gasteiger partial charge in [-0.15, -0.1) is 0 Å². The highest BCUT2D eigenvalue weighted by atomic mass is 79.9. The van der Waals surface area contributed by atoms with Crippen molar-refractivity contribution in [2.24, 2.45) is 5.73 Å². The van der Waals surface area contributed by atoms with E-state index in [0.29, 0.717) is 22.3 Å². The van der Waals surface area contributed by atoms with Crippen LogP contribution >= 0.6 is 28.1 Å². The van der Waals surface area contributed by atoms with E-state index in [1.807, 2.05) is 0 Å². The second-order valence-electron chi connectivity index (χ2n) is 4.51. The average molecular weight is 362 g/mol. The zero-order valence-electron chi connectivity index (χ0n) is 11.9. The second kappa shape index (κ2) is 8.54. The number of rotatable bonds is 8. The molecule has 0 unspecified atom stereocenters. The number of nitrogens with one attached hydrogen (secondary N) is 1. The summed E-state index contributed by atoms with van der Waals surface area (Å²) in [6, 6.07) is 3.39. The van der Waals surface area contributed by atoms with Gasteiger partial charge in [0.15, 0.2) is 5.82 Å². The SMILES string of the molecule is CCCN(CC)CCNc1ccc(C(N)=S)c(Br)c1F. The summed E-state index contributed by atoms with van der Waals surface area (Å²) >= 11 is 8.07. The Morgan fingerprint density at radius 3 is 2.65 bits per heavy atom. The number of anilines is 1.